The fraction of sp³-hybridized carbons (Fsp3) is 0.903. The fourth-order valence-corrected chi connectivity index (χ4v) is 5.60. The predicted molar refractivity (Wildman–Crippen MR) is 163 cm³/mol. The molecule has 0 bridgehead atoms. The van der Waals surface area contributed by atoms with Crippen molar-refractivity contribution < 1.29 is 64.3 Å². The van der Waals surface area contributed by atoms with Crippen LogP contribution in [0.25, 0.3) is 0 Å². The SMILES string of the molecule is CCCCCCCCCCC(NC(=O)CCC(=O)N[C@@H]1OC(CO)[C@H](O[C@@H]2OC(CO)[C@H](O)[C@H](O)C2O)[C@H](O)C1O)C(=O)C(C)C. The van der Waals surface area contributed by atoms with E-state index in [1.165, 1.54) is 25.7 Å². The minimum atomic E-state index is -1.80. The summed E-state index contributed by atoms with van der Waals surface area (Å²) in [6.07, 6.45) is -7.35. The van der Waals surface area contributed by atoms with Gasteiger partial charge in [0.15, 0.2) is 18.3 Å². The number of rotatable bonds is 20. The Bertz CT molecular complexity index is 921. The van der Waals surface area contributed by atoms with Crippen molar-refractivity contribution in [1.82, 2.24) is 10.6 Å². The largest absolute Gasteiger partial charge is 0.394 e. The first-order valence-corrected chi connectivity index (χ1v) is 16.6. The number of aliphatic hydroxyl groups excluding tert-OH is 7. The van der Waals surface area contributed by atoms with Gasteiger partial charge in [-0.1, -0.05) is 72.1 Å². The first-order valence-electron chi connectivity index (χ1n) is 16.6. The first kappa shape index (κ1) is 40.4. The molecule has 46 heavy (non-hydrogen) atoms. The molecule has 11 atom stereocenters. The third-order valence-electron chi connectivity index (χ3n) is 8.48. The number of hydrogen-bond acceptors (Lipinski definition) is 13. The second-order valence-corrected chi connectivity index (χ2v) is 12.6. The number of aliphatic hydroxyl groups is 7. The van der Waals surface area contributed by atoms with Crippen LogP contribution in [0.15, 0.2) is 0 Å². The Hall–Kier alpha value is -1.79. The zero-order chi connectivity index (χ0) is 34.4. The molecule has 15 heteroatoms. The van der Waals surface area contributed by atoms with Gasteiger partial charge in [-0.15, -0.1) is 0 Å². The Kier molecular flexibility index (Phi) is 18.0. The maximum atomic E-state index is 12.7. The van der Waals surface area contributed by atoms with Crippen molar-refractivity contribution in [1.29, 1.82) is 0 Å². The highest BCUT2D eigenvalue weighted by atomic mass is 16.7. The van der Waals surface area contributed by atoms with Crippen molar-refractivity contribution in [3.63, 3.8) is 0 Å². The van der Waals surface area contributed by atoms with Gasteiger partial charge in [-0.25, -0.2) is 0 Å². The minimum absolute atomic E-state index is 0.0796. The van der Waals surface area contributed by atoms with E-state index in [2.05, 4.69) is 17.6 Å². The highest BCUT2D eigenvalue weighted by Crippen LogP contribution is 2.28. The van der Waals surface area contributed by atoms with Gasteiger partial charge in [0.2, 0.25) is 11.8 Å². The molecular weight excluding hydrogens is 608 g/mol. The molecule has 0 saturated carbocycles. The summed E-state index contributed by atoms with van der Waals surface area (Å²) >= 11 is 0. The molecule has 0 aromatic carbocycles. The molecular formula is C31H56N2O13. The average Bonchev–Trinajstić information content (AvgIpc) is 3.03. The van der Waals surface area contributed by atoms with Crippen LogP contribution in [0.3, 0.4) is 0 Å². The summed E-state index contributed by atoms with van der Waals surface area (Å²) in [4.78, 5) is 38.1. The van der Waals surface area contributed by atoms with Crippen LogP contribution in [0.5, 0.6) is 0 Å². The molecule has 0 aliphatic carbocycles. The van der Waals surface area contributed by atoms with E-state index in [9.17, 15) is 50.1 Å². The molecule has 2 heterocycles. The summed E-state index contributed by atoms with van der Waals surface area (Å²) < 4.78 is 16.3. The van der Waals surface area contributed by atoms with Crippen LogP contribution >= 0.6 is 0 Å². The van der Waals surface area contributed by atoms with E-state index in [0.717, 1.165) is 25.7 Å². The number of ketones is 1. The maximum absolute atomic E-state index is 12.7. The van der Waals surface area contributed by atoms with E-state index in [4.69, 9.17) is 14.2 Å². The van der Waals surface area contributed by atoms with Gasteiger partial charge in [0.05, 0.1) is 19.3 Å². The predicted octanol–water partition coefficient (Wildman–Crippen LogP) is -1.25. The van der Waals surface area contributed by atoms with E-state index in [1.807, 2.05) is 0 Å². The van der Waals surface area contributed by atoms with Crippen molar-refractivity contribution in [3.8, 4) is 0 Å². The van der Waals surface area contributed by atoms with Crippen LogP contribution in [-0.2, 0) is 28.6 Å². The number of carbonyl (C=O) groups is 3. The first-order chi connectivity index (χ1) is 21.9. The number of Topliss-reactive ketones (excluding diaryl/α,β-unsaturated/α-hetero) is 1. The summed E-state index contributed by atoms with van der Waals surface area (Å²) in [5.41, 5.74) is 0. The summed E-state index contributed by atoms with van der Waals surface area (Å²) in [6, 6.07) is -0.653. The summed E-state index contributed by atoms with van der Waals surface area (Å²) in [5.74, 6) is -1.54. The second-order valence-electron chi connectivity index (χ2n) is 12.6. The smallest absolute Gasteiger partial charge is 0.222 e. The van der Waals surface area contributed by atoms with Crippen LogP contribution in [-0.4, -0.2) is 134 Å². The zero-order valence-electron chi connectivity index (χ0n) is 27.2. The number of amides is 2. The third-order valence-corrected chi connectivity index (χ3v) is 8.48. The second kappa shape index (κ2) is 20.5. The molecule has 2 aliphatic heterocycles. The Labute approximate surface area is 270 Å². The molecule has 0 aromatic rings. The fourth-order valence-electron chi connectivity index (χ4n) is 5.60. The molecule has 2 rings (SSSR count). The number of hydrogen-bond donors (Lipinski definition) is 9. The number of ether oxygens (including phenoxy) is 3. The third kappa shape index (κ3) is 12.0. The standard InChI is InChI=1S/C31H56N2O13/c1-4-5-6-7-8-9-10-11-12-18(23(38)17(2)3)32-21(36)13-14-22(37)33-30-27(42)26(41)29(20(16-35)44-30)46-31-28(43)25(40)24(39)19(15-34)45-31/h17-20,24-31,34-35,39-43H,4-16H2,1-3H3,(H,32,36)(H,33,37)/t18?,19?,20?,24-,25-,26+,27?,28?,29-,30+,31-/m0/s1. The van der Waals surface area contributed by atoms with Gasteiger partial charge in [-0.3, -0.25) is 14.4 Å². The van der Waals surface area contributed by atoms with E-state index in [0.29, 0.717) is 6.42 Å². The zero-order valence-corrected chi connectivity index (χ0v) is 27.2. The van der Waals surface area contributed by atoms with Crippen LogP contribution in [0.1, 0.15) is 91.4 Å². The van der Waals surface area contributed by atoms with Gasteiger partial charge in [-0.2, -0.15) is 0 Å². The molecule has 2 amide bonds. The molecule has 15 nitrogen and oxygen atoms in total. The van der Waals surface area contributed by atoms with Gasteiger partial charge in [0, 0.05) is 18.8 Å². The van der Waals surface area contributed by atoms with Crippen LogP contribution < -0.4 is 10.6 Å². The molecule has 268 valence electrons. The van der Waals surface area contributed by atoms with E-state index in [-0.39, 0.29) is 24.5 Å². The van der Waals surface area contributed by atoms with Gasteiger partial charge in [0.1, 0.15) is 48.8 Å². The van der Waals surface area contributed by atoms with Crippen molar-refractivity contribution in [2.75, 3.05) is 13.2 Å². The number of nitrogens with one attached hydrogen (secondary N) is 2. The Morgan fingerprint density at radius 3 is 1.89 bits per heavy atom. The lowest BCUT2D eigenvalue weighted by atomic mass is 9.96. The average molecular weight is 665 g/mol. The van der Waals surface area contributed by atoms with E-state index in [1.54, 1.807) is 13.8 Å². The van der Waals surface area contributed by atoms with Crippen LogP contribution in [0.4, 0.5) is 0 Å². The monoisotopic (exact) mass is 664 g/mol. The van der Waals surface area contributed by atoms with Crippen molar-refractivity contribution in [2.45, 2.75) is 159 Å². The highest BCUT2D eigenvalue weighted by molar-refractivity contribution is 5.91. The topological polar surface area (TPSA) is 245 Å². The Morgan fingerprint density at radius 2 is 1.30 bits per heavy atom. The van der Waals surface area contributed by atoms with Gasteiger partial charge in [0.25, 0.3) is 0 Å². The molecule has 0 aromatic heterocycles. The van der Waals surface area contributed by atoms with Crippen molar-refractivity contribution in [2.24, 2.45) is 5.92 Å². The van der Waals surface area contributed by atoms with E-state index < -0.39 is 92.4 Å². The van der Waals surface area contributed by atoms with Crippen molar-refractivity contribution >= 4 is 17.6 Å². The van der Waals surface area contributed by atoms with Gasteiger partial charge >= 0.3 is 0 Å². The molecule has 0 spiro atoms. The molecule has 2 aliphatic rings. The van der Waals surface area contributed by atoms with Crippen LogP contribution in [0, 0.1) is 5.92 Å². The summed E-state index contributed by atoms with van der Waals surface area (Å²) in [5, 5.41) is 75.9. The van der Waals surface area contributed by atoms with Crippen LogP contribution in [0.2, 0.25) is 0 Å². The van der Waals surface area contributed by atoms with Crippen molar-refractivity contribution in [3.05, 3.63) is 0 Å². The number of carbonyl (C=O) groups excluding carboxylic acids is 3. The lowest BCUT2D eigenvalue weighted by Crippen LogP contribution is -2.66. The lowest BCUT2D eigenvalue weighted by molar-refractivity contribution is -0.343. The molecule has 0 radical (unpaired) electrons. The quantitative estimate of drug-likeness (QED) is 0.0692. The Morgan fingerprint density at radius 1 is 0.717 bits per heavy atom. The molecule has 2 fully saturated rings. The lowest BCUT2D eigenvalue weighted by Gasteiger charge is -2.46. The number of unbranched alkanes of at least 4 members (excludes halogenated alkanes) is 7. The maximum Gasteiger partial charge on any atom is 0.222 e. The summed E-state index contributed by atoms with van der Waals surface area (Å²) in [6.45, 7) is 4.23. The molecule has 5 unspecified atom stereocenters. The molecule has 9 N–H and O–H groups in total. The van der Waals surface area contributed by atoms with E-state index >= 15 is 0 Å². The Balaban J connectivity index is 1.86. The highest BCUT2D eigenvalue weighted by Gasteiger charge is 2.50. The normalized spacial score (nSPS) is 32.2. The summed E-state index contributed by atoms with van der Waals surface area (Å²) in [7, 11) is 0. The minimum Gasteiger partial charge on any atom is -0.394 e. The van der Waals surface area contributed by atoms with Gasteiger partial charge < -0.3 is 60.6 Å². The van der Waals surface area contributed by atoms with Gasteiger partial charge in [-0.05, 0) is 6.42 Å². The molecule has 2 saturated heterocycles.